The predicted octanol–water partition coefficient (Wildman–Crippen LogP) is 2.70. The molecule has 2 N–H and O–H groups in total. The molecule has 0 aliphatic carbocycles. The standard InChI is InChI=1S/C10H10BrClN2OS/c11-7-2-1-6(3-8(7)12)14-10(15)9-4-16-5-13-9/h1-3,9,13H,4-5H2,(H,14,15). The van der Waals surface area contributed by atoms with Crippen molar-refractivity contribution in [2.24, 2.45) is 0 Å². The molecule has 1 atom stereocenters. The van der Waals surface area contributed by atoms with Crippen molar-refractivity contribution in [3.63, 3.8) is 0 Å². The van der Waals surface area contributed by atoms with Crippen LogP contribution in [0.25, 0.3) is 0 Å². The van der Waals surface area contributed by atoms with E-state index < -0.39 is 0 Å². The zero-order valence-corrected chi connectivity index (χ0v) is 11.5. The van der Waals surface area contributed by atoms with E-state index in [1.165, 1.54) is 0 Å². The molecule has 0 spiro atoms. The third-order valence-corrected chi connectivity index (χ3v) is 4.39. The summed E-state index contributed by atoms with van der Waals surface area (Å²) in [5, 5.41) is 6.53. The number of amides is 1. The van der Waals surface area contributed by atoms with E-state index >= 15 is 0 Å². The smallest absolute Gasteiger partial charge is 0.242 e. The van der Waals surface area contributed by atoms with Gasteiger partial charge in [-0.05, 0) is 34.1 Å². The van der Waals surface area contributed by atoms with Gasteiger partial charge in [0.1, 0.15) is 0 Å². The Morgan fingerprint density at radius 3 is 3.06 bits per heavy atom. The van der Waals surface area contributed by atoms with Crippen LogP contribution in [-0.2, 0) is 4.79 Å². The highest BCUT2D eigenvalue weighted by atomic mass is 79.9. The van der Waals surface area contributed by atoms with Gasteiger partial charge in [-0.25, -0.2) is 0 Å². The molecule has 3 nitrogen and oxygen atoms in total. The number of rotatable bonds is 2. The molecule has 6 heteroatoms. The van der Waals surface area contributed by atoms with Gasteiger partial charge in [0.15, 0.2) is 0 Å². The Morgan fingerprint density at radius 1 is 1.62 bits per heavy atom. The minimum Gasteiger partial charge on any atom is -0.325 e. The van der Waals surface area contributed by atoms with Gasteiger partial charge in [-0.2, -0.15) is 0 Å². The van der Waals surface area contributed by atoms with Crippen LogP contribution in [0.1, 0.15) is 0 Å². The Bertz CT molecular complexity index is 410. The Balaban J connectivity index is 2.02. The molecule has 1 fully saturated rings. The zero-order valence-electron chi connectivity index (χ0n) is 8.30. The van der Waals surface area contributed by atoms with Gasteiger partial charge in [-0.3, -0.25) is 10.1 Å². The zero-order chi connectivity index (χ0) is 11.5. The molecule has 16 heavy (non-hydrogen) atoms. The highest BCUT2D eigenvalue weighted by Gasteiger charge is 2.22. The summed E-state index contributed by atoms with van der Waals surface area (Å²) in [4.78, 5) is 11.8. The van der Waals surface area contributed by atoms with Crippen LogP contribution >= 0.6 is 39.3 Å². The molecule has 1 heterocycles. The molecule has 1 aromatic carbocycles. The van der Waals surface area contributed by atoms with E-state index in [4.69, 9.17) is 11.6 Å². The summed E-state index contributed by atoms with van der Waals surface area (Å²) in [5.74, 6) is 1.64. The van der Waals surface area contributed by atoms with Crippen LogP contribution in [0.5, 0.6) is 0 Å². The Labute approximate surface area is 111 Å². The number of hydrogen-bond donors (Lipinski definition) is 2. The van der Waals surface area contributed by atoms with E-state index in [0.29, 0.717) is 5.02 Å². The average molecular weight is 322 g/mol. The molecule has 0 aromatic heterocycles. The number of carbonyl (C=O) groups excluding carboxylic acids is 1. The first-order valence-corrected chi connectivity index (χ1v) is 7.06. The first-order valence-electron chi connectivity index (χ1n) is 4.74. The van der Waals surface area contributed by atoms with Gasteiger partial charge in [-0.1, -0.05) is 11.6 Å². The first-order chi connectivity index (χ1) is 7.66. The molecular weight excluding hydrogens is 312 g/mol. The average Bonchev–Trinajstić information content (AvgIpc) is 2.77. The van der Waals surface area contributed by atoms with Gasteiger partial charge < -0.3 is 5.32 Å². The van der Waals surface area contributed by atoms with E-state index in [9.17, 15) is 4.79 Å². The van der Waals surface area contributed by atoms with Gasteiger partial charge in [0.05, 0.1) is 11.1 Å². The van der Waals surface area contributed by atoms with Crippen molar-refractivity contribution in [3.8, 4) is 0 Å². The number of carbonyl (C=O) groups is 1. The Hall–Kier alpha value is -0.230. The number of hydrogen-bond acceptors (Lipinski definition) is 3. The second-order valence-corrected chi connectivity index (χ2v) is 5.68. The molecule has 0 bridgehead atoms. The topological polar surface area (TPSA) is 41.1 Å². The van der Waals surface area contributed by atoms with Crippen LogP contribution in [0.2, 0.25) is 5.02 Å². The highest BCUT2D eigenvalue weighted by Crippen LogP contribution is 2.25. The number of nitrogens with one attached hydrogen (secondary N) is 2. The number of benzene rings is 1. The first kappa shape index (κ1) is 12.2. The van der Waals surface area contributed by atoms with Crippen molar-refractivity contribution in [2.75, 3.05) is 16.9 Å². The fraction of sp³-hybridized carbons (Fsp3) is 0.300. The molecule has 0 saturated carbocycles. The quantitative estimate of drug-likeness (QED) is 0.880. The maximum absolute atomic E-state index is 11.8. The molecule has 1 aromatic rings. The van der Waals surface area contributed by atoms with Crippen LogP contribution in [-0.4, -0.2) is 23.6 Å². The molecule has 0 radical (unpaired) electrons. The van der Waals surface area contributed by atoms with Crippen LogP contribution in [0, 0.1) is 0 Å². The molecule has 1 aliphatic rings. The van der Waals surface area contributed by atoms with Crippen molar-refractivity contribution in [1.29, 1.82) is 0 Å². The van der Waals surface area contributed by atoms with E-state index in [-0.39, 0.29) is 11.9 Å². The van der Waals surface area contributed by atoms with Gasteiger partial charge in [-0.15, -0.1) is 11.8 Å². The SMILES string of the molecule is O=C(Nc1ccc(Br)c(Cl)c1)C1CSCN1. The maximum atomic E-state index is 11.8. The third-order valence-electron chi connectivity index (χ3n) is 2.22. The lowest BCUT2D eigenvalue weighted by Gasteiger charge is -2.10. The summed E-state index contributed by atoms with van der Waals surface area (Å²) in [6.07, 6.45) is 0. The summed E-state index contributed by atoms with van der Waals surface area (Å²) in [6.45, 7) is 0. The molecule has 1 saturated heterocycles. The van der Waals surface area contributed by atoms with E-state index in [2.05, 4.69) is 26.6 Å². The number of thioether (sulfide) groups is 1. The molecule has 2 rings (SSSR count). The van der Waals surface area contributed by atoms with Crippen LogP contribution in [0.15, 0.2) is 22.7 Å². The fourth-order valence-electron chi connectivity index (χ4n) is 1.37. The monoisotopic (exact) mass is 320 g/mol. The minimum absolute atomic E-state index is 0.0108. The van der Waals surface area contributed by atoms with Gasteiger partial charge in [0.25, 0.3) is 0 Å². The molecule has 1 unspecified atom stereocenters. The van der Waals surface area contributed by atoms with Crippen LogP contribution in [0.4, 0.5) is 5.69 Å². The lowest BCUT2D eigenvalue weighted by Crippen LogP contribution is -2.37. The summed E-state index contributed by atoms with van der Waals surface area (Å²) in [6, 6.07) is 5.25. The molecule has 1 aliphatic heterocycles. The van der Waals surface area contributed by atoms with E-state index in [1.54, 1.807) is 17.8 Å². The molecule has 86 valence electrons. The lowest BCUT2D eigenvalue weighted by atomic mass is 10.2. The second kappa shape index (κ2) is 5.40. The van der Waals surface area contributed by atoms with E-state index in [1.807, 2.05) is 12.1 Å². The third kappa shape index (κ3) is 2.91. The Morgan fingerprint density at radius 2 is 2.44 bits per heavy atom. The number of anilines is 1. The van der Waals surface area contributed by atoms with Gasteiger partial charge in [0, 0.05) is 21.8 Å². The largest absolute Gasteiger partial charge is 0.325 e. The van der Waals surface area contributed by atoms with Gasteiger partial charge >= 0.3 is 0 Å². The summed E-state index contributed by atoms with van der Waals surface area (Å²) in [5.41, 5.74) is 0.719. The van der Waals surface area contributed by atoms with E-state index in [0.717, 1.165) is 21.8 Å². The number of halogens is 2. The van der Waals surface area contributed by atoms with Crippen LogP contribution in [0.3, 0.4) is 0 Å². The van der Waals surface area contributed by atoms with Crippen LogP contribution < -0.4 is 10.6 Å². The fourth-order valence-corrected chi connectivity index (χ4v) is 2.74. The summed E-state index contributed by atoms with van der Waals surface area (Å²) >= 11 is 11.0. The lowest BCUT2D eigenvalue weighted by molar-refractivity contribution is -0.117. The Kier molecular flexibility index (Phi) is 4.13. The second-order valence-electron chi connectivity index (χ2n) is 3.39. The van der Waals surface area contributed by atoms with Crippen molar-refractivity contribution in [2.45, 2.75) is 6.04 Å². The van der Waals surface area contributed by atoms with Gasteiger partial charge in [0.2, 0.25) is 5.91 Å². The maximum Gasteiger partial charge on any atom is 0.242 e. The predicted molar refractivity (Wildman–Crippen MR) is 72.0 cm³/mol. The highest BCUT2D eigenvalue weighted by molar-refractivity contribution is 9.10. The normalized spacial score (nSPS) is 19.8. The minimum atomic E-state index is -0.104. The summed E-state index contributed by atoms with van der Waals surface area (Å²) in [7, 11) is 0. The molecular formula is C10H10BrClN2OS. The van der Waals surface area contributed by atoms with Crippen molar-refractivity contribution >= 4 is 50.9 Å². The summed E-state index contributed by atoms with van der Waals surface area (Å²) < 4.78 is 0.821. The van der Waals surface area contributed by atoms with Crippen molar-refractivity contribution in [3.05, 3.63) is 27.7 Å². The molecule has 1 amide bonds. The van der Waals surface area contributed by atoms with Crippen molar-refractivity contribution < 1.29 is 4.79 Å². The van der Waals surface area contributed by atoms with Crippen molar-refractivity contribution in [1.82, 2.24) is 5.32 Å².